The Morgan fingerprint density at radius 3 is 2.83 bits per heavy atom. The fourth-order valence-corrected chi connectivity index (χ4v) is 6.23. The zero-order valence-electron chi connectivity index (χ0n) is 21.7. The lowest BCUT2D eigenvalue weighted by Gasteiger charge is -2.29. The Hall–Kier alpha value is -3.77. The summed E-state index contributed by atoms with van der Waals surface area (Å²) >= 11 is 3.50. The summed E-state index contributed by atoms with van der Waals surface area (Å²) in [5, 5.41) is 5.34. The highest BCUT2D eigenvalue weighted by atomic mass is 79.9. The van der Waals surface area contributed by atoms with Crippen LogP contribution in [0.15, 0.2) is 40.9 Å². The molecule has 0 saturated carbocycles. The summed E-state index contributed by atoms with van der Waals surface area (Å²) in [7, 11) is 0. The molecule has 4 heterocycles. The van der Waals surface area contributed by atoms with Gasteiger partial charge < -0.3 is 19.9 Å². The molecule has 2 saturated heterocycles. The number of H-pyrrole nitrogens is 1. The average Bonchev–Trinajstić information content (AvgIpc) is 3.66. The average molecular weight is 609 g/mol. The second kappa shape index (κ2) is 11.0. The van der Waals surface area contributed by atoms with Gasteiger partial charge in [0.2, 0.25) is 17.7 Å². The Balaban J connectivity index is 1.04. The van der Waals surface area contributed by atoms with Gasteiger partial charge in [-0.3, -0.25) is 29.4 Å². The number of fused-ring (bicyclic) bond motifs is 2. The molecular weight excluding hydrogens is 580 g/mol. The van der Waals surface area contributed by atoms with Crippen molar-refractivity contribution >= 4 is 50.6 Å². The van der Waals surface area contributed by atoms with E-state index in [0.717, 1.165) is 40.5 Å². The minimum atomic E-state index is -0.671. The van der Waals surface area contributed by atoms with Crippen molar-refractivity contribution in [3.8, 4) is 5.75 Å². The van der Waals surface area contributed by atoms with Crippen molar-refractivity contribution in [1.82, 2.24) is 30.4 Å². The number of benzene rings is 2. The molecule has 208 valence electrons. The fraction of sp³-hybridized carbons (Fsp3) is 0.393. The van der Waals surface area contributed by atoms with Gasteiger partial charge in [-0.1, -0.05) is 12.1 Å². The van der Waals surface area contributed by atoms with E-state index in [4.69, 9.17) is 4.74 Å². The third kappa shape index (κ3) is 5.08. The molecule has 40 heavy (non-hydrogen) atoms. The van der Waals surface area contributed by atoms with Gasteiger partial charge in [0, 0.05) is 28.6 Å². The Labute approximate surface area is 238 Å². The van der Waals surface area contributed by atoms with Crippen LogP contribution in [0, 0.1) is 0 Å². The molecule has 2 aromatic carbocycles. The highest BCUT2D eigenvalue weighted by Gasteiger charge is 2.40. The first kappa shape index (κ1) is 26.5. The van der Waals surface area contributed by atoms with Crippen molar-refractivity contribution in [3.05, 3.63) is 57.8 Å². The van der Waals surface area contributed by atoms with Crippen molar-refractivity contribution in [2.75, 3.05) is 19.7 Å². The van der Waals surface area contributed by atoms with Gasteiger partial charge in [0.25, 0.3) is 5.91 Å². The highest BCUT2D eigenvalue weighted by molar-refractivity contribution is 9.10. The molecule has 3 aliphatic rings. The van der Waals surface area contributed by atoms with Gasteiger partial charge in [-0.05, 0) is 66.0 Å². The molecule has 2 fully saturated rings. The molecule has 1 aromatic heterocycles. The predicted octanol–water partition coefficient (Wildman–Crippen LogP) is 2.25. The van der Waals surface area contributed by atoms with Gasteiger partial charge in [-0.25, -0.2) is 4.98 Å². The van der Waals surface area contributed by atoms with Crippen LogP contribution in [-0.2, 0) is 27.5 Å². The number of rotatable bonds is 8. The topological polar surface area (TPSA) is 137 Å². The Morgan fingerprint density at radius 1 is 1.15 bits per heavy atom. The summed E-state index contributed by atoms with van der Waals surface area (Å²) in [6.07, 6.45) is 2.22. The largest absolute Gasteiger partial charge is 0.492 e. The van der Waals surface area contributed by atoms with Gasteiger partial charge in [0.1, 0.15) is 29.7 Å². The molecule has 0 bridgehead atoms. The van der Waals surface area contributed by atoms with Gasteiger partial charge in [-0.2, -0.15) is 0 Å². The number of imide groups is 1. The summed E-state index contributed by atoms with van der Waals surface area (Å²) in [6.45, 7) is 2.28. The molecule has 6 rings (SSSR count). The molecule has 4 amide bonds. The summed E-state index contributed by atoms with van der Waals surface area (Å²) in [6, 6.07) is 10.2. The first-order valence-corrected chi connectivity index (χ1v) is 14.2. The maximum atomic E-state index is 13.1. The van der Waals surface area contributed by atoms with Crippen LogP contribution in [0.25, 0.3) is 11.0 Å². The summed E-state index contributed by atoms with van der Waals surface area (Å²) in [5.74, 6) is 0.266. The van der Waals surface area contributed by atoms with Gasteiger partial charge in [0.05, 0.1) is 24.6 Å². The van der Waals surface area contributed by atoms with Crippen LogP contribution in [0.1, 0.15) is 47.4 Å². The molecule has 0 spiro atoms. The number of aromatic nitrogens is 2. The van der Waals surface area contributed by atoms with E-state index in [1.807, 2.05) is 24.3 Å². The second-order valence-electron chi connectivity index (χ2n) is 10.3. The predicted molar refractivity (Wildman–Crippen MR) is 148 cm³/mol. The number of carbonyl (C=O) groups excluding carboxylic acids is 4. The second-order valence-corrected chi connectivity index (χ2v) is 11.1. The number of para-hydroxylation sites is 1. The maximum Gasteiger partial charge on any atom is 0.255 e. The number of carbonyl (C=O) groups is 4. The van der Waals surface area contributed by atoms with Gasteiger partial charge in [-0.15, -0.1) is 0 Å². The SMILES string of the molecule is O=C1CCC(N2Cc3c(OCCN4CCCC4C(=O)NCc4nc5c(Br)cccc5[nH]4)cccc3C2=O)C(=O)N1. The first-order chi connectivity index (χ1) is 19.4. The van der Waals surface area contributed by atoms with E-state index in [1.165, 1.54) is 4.90 Å². The molecule has 0 radical (unpaired) electrons. The van der Waals surface area contributed by atoms with E-state index in [2.05, 4.69) is 41.4 Å². The number of hydrogen-bond acceptors (Lipinski definition) is 7. The lowest BCUT2D eigenvalue weighted by molar-refractivity contribution is -0.137. The fourth-order valence-electron chi connectivity index (χ4n) is 5.78. The number of nitrogens with zero attached hydrogens (tertiary/aromatic N) is 3. The summed E-state index contributed by atoms with van der Waals surface area (Å²) in [4.78, 5) is 61.4. The van der Waals surface area contributed by atoms with Crippen LogP contribution in [0.4, 0.5) is 0 Å². The molecule has 2 atom stereocenters. The van der Waals surface area contributed by atoms with E-state index in [1.54, 1.807) is 12.1 Å². The normalized spacial score (nSPS) is 21.1. The monoisotopic (exact) mass is 608 g/mol. The molecule has 12 heteroatoms. The summed E-state index contributed by atoms with van der Waals surface area (Å²) < 4.78 is 7.02. The van der Waals surface area contributed by atoms with Gasteiger partial charge in [0.15, 0.2) is 0 Å². The number of aromatic amines is 1. The molecule has 3 aliphatic heterocycles. The number of piperidine rings is 1. The van der Waals surface area contributed by atoms with Gasteiger partial charge >= 0.3 is 0 Å². The summed E-state index contributed by atoms with van der Waals surface area (Å²) in [5.41, 5.74) is 3.00. The lowest BCUT2D eigenvalue weighted by atomic mass is 10.0. The van der Waals surface area contributed by atoms with E-state index < -0.39 is 11.9 Å². The number of likely N-dealkylation sites (tertiary alicyclic amines) is 1. The zero-order chi connectivity index (χ0) is 27.8. The number of hydrogen-bond donors (Lipinski definition) is 3. The zero-order valence-corrected chi connectivity index (χ0v) is 23.3. The van der Waals surface area contributed by atoms with Crippen molar-refractivity contribution in [2.45, 2.75) is 50.9 Å². The van der Waals surface area contributed by atoms with Crippen LogP contribution in [0.2, 0.25) is 0 Å². The number of imidazole rings is 1. The molecule has 0 aliphatic carbocycles. The Bertz CT molecular complexity index is 1510. The number of ether oxygens (including phenoxy) is 1. The highest BCUT2D eigenvalue weighted by Crippen LogP contribution is 2.33. The Morgan fingerprint density at radius 2 is 2.00 bits per heavy atom. The van der Waals surface area contributed by atoms with E-state index in [0.29, 0.717) is 43.3 Å². The quantitative estimate of drug-likeness (QED) is 0.334. The molecule has 11 nitrogen and oxygen atoms in total. The van der Waals surface area contributed by atoms with E-state index in [9.17, 15) is 19.2 Å². The standard InChI is InChI=1S/C28H29BrN6O5/c29-18-5-2-6-19-25(18)32-23(31-19)14-30-26(37)20-7-3-11-34(20)12-13-40-22-8-1-4-16-17(22)15-35(28(16)39)21-9-10-24(36)33-27(21)38/h1-2,4-6,8,20-21H,3,7,9-15H2,(H,30,37)(H,31,32)(H,33,36,38). The van der Waals surface area contributed by atoms with Crippen molar-refractivity contribution in [2.24, 2.45) is 0 Å². The van der Waals surface area contributed by atoms with E-state index in [-0.39, 0.29) is 36.7 Å². The minimum absolute atomic E-state index is 0.0388. The minimum Gasteiger partial charge on any atom is -0.492 e. The smallest absolute Gasteiger partial charge is 0.255 e. The number of halogens is 1. The number of amides is 4. The van der Waals surface area contributed by atoms with Crippen LogP contribution >= 0.6 is 15.9 Å². The molecule has 2 unspecified atom stereocenters. The van der Waals surface area contributed by atoms with Crippen LogP contribution < -0.4 is 15.4 Å². The molecular formula is C28H29BrN6O5. The first-order valence-electron chi connectivity index (χ1n) is 13.4. The number of nitrogens with one attached hydrogen (secondary N) is 3. The lowest BCUT2D eigenvalue weighted by Crippen LogP contribution is -2.52. The van der Waals surface area contributed by atoms with Crippen molar-refractivity contribution in [1.29, 1.82) is 0 Å². The molecule has 3 aromatic rings. The third-order valence-corrected chi connectivity index (χ3v) is 8.42. The van der Waals surface area contributed by atoms with Crippen LogP contribution in [0.5, 0.6) is 5.75 Å². The molecule has 3 N–H and O–H groups in total. The third-order valence-electron chi connectivity index (χ3n) is 7.78. The van der Waals surface area contributed by atoms with Crippen LogP contribution in [-0.4, -0.2) is 75.2 Å². The maximum absolute atomic E-state index is 13.1. The van der Waals surface area contributed by atoms with Crippen molar-refractivity contribution in [3.63, 3.8) is 0 Å². The Kier molecular flexibility index (Phi) is 7.28. The van der Waals surface area contributed by atoms with E-state index >= 15 is 0 Å². The van der Waals surface area contributed by atoms with Crippen molar-refractivity contribution < 1.29 is 23.9 Å². The van der Waals surface area contributed by atoms with Crippen LogP contribution in [0.3, 0.4) is 0 Å².